The lowest BCUT2D eigenvalue weighted by molar-refractivity contribution is 0.263. The fourth-order valence-corrected chi connectivity index (χ4v) is 2.07. The van der Waals surface area contributed by atoms with Crippen molar-refractivity contribution in [2.75, 3.05) is 6.61 Å². The van der Waals surface area contributed by atoms with Crippen LogP contribution in [-0.4, -0.2) is 6.61 Å². The quantitative estimate of drug-likeness (QED) is 0.851. The SMILES string of the molecule is CCOc1ccc(C(N)C2CCC2)cc1F. The molecule has 2 rings (SSSR count). The second kappa shape index (κ2) is 4.83. The van der Waals surface area contributed by atoms with E-state index < -0.39 is 0 Å². The zero-order valence-electron chi connectivity index (χ0n) is 9.58. The van der Waals surface area contributed by atoms with E-state index in [9.17, 15) is 4.39 Å². The maximum atomic E-state index is 13.6. The summed E-state index contributed by atoms with van der Waals surface area (Å²) < 4.78 is 18.8. The topological polar surface area (TPSA) is 35.2 Å². The zero-order chi connectivity index (χ0) is 11.5. The lowest BCUT2D eigenvalue weighted by Crippen LogP contribution is -2.26. The van der Waals surface area contributed by atoms with Crippen molar-refractivity contribution < 1.29 is 9.13 Å². The van der Waals surface area contributed by atoms with Crippen LogP contribution in [0.15, 0.2) is 18.2 Å². The van der Waals surface area contributed by atoms with Gasteiger partial charge in [0.1, 0.15) is 0 Å². The molecular weight excluding hydrogens is 205 g/mol. The molecule has 0 spiro atoms. The molecule has 0 aromatic heterocycles. The van der Waals surface area contributed by atoms with Crippen LogP contribution < -0.4 is 10.5 Å². The Hall–Kier alpha value is -1.09. The molecule has 1 fully saturated rings. The first-order valence-electron chi connectivity index (χ1n) is 5.90. The summed E-state index contributed by atoms with van der Waals surface area (Å²) in [5.41, 5.74) is 6.97. The van der Waals surface area contributed by atoms with Crippen molar-refractivity contribution in [3.8, 4) is 5.75 Å². The van der Waals surface area contributed by atoms with Crippen LogP contribution >= 0.6 is 0 Å². The zero-order valence-corrected chi connectivity index (χ0v) is 9.58. The average Bonchev–Trinajstić information content (AvgIpc) is 2.18. The van der Waals surface area contributed by atoms with E-state index in [2.05, 4.69) is 0 Å². The molecule has 1 aromatic carbocycles. The number of benzene rings is 1. The Bertz CT molecular complexity index is 363. The van der Waals surface area contributed by atoms with Gasteiger partial charge >= 0.3 is 0 Å². The van der Waals surface area contributed by atoms with E-state index in [1.165, 1.54) is 12.5 Å². The first kappa shape index (κ1) is 11.4. The number of hydrogen-bond donors (Lipinski definition) is 1. The van der Waals surface area contributed by atoms with E-state index in [1.54, 1.807) is 6.07 Å². The standard InChI is InChI=1S/C13H18FNO/c1-2-16-12-7-6-10(8-11(12)14)13(15)9-4-3-5-9/h6-9,13H,2-5,15H2,1H3. The summed E-state index contributed by atoms with van der Waals surface area (Å²) >= 11 is 0. The monoisotopic (exact) mass is 223 g/mol. The molecule has 0 aliphatic heterocycles. The third-order valence-corrected chi connectivity index (χ3v) is 3.30. The minimum Gasteiger partial charge on any atom is -0.491 e. The third-order valence-electron chi connectivity index (χ3n) is 3.30. The molecule has 0 amide bonds. The normalized spacial score (nSPS) is 17.9. The van der Waals surface area contributed by atoms with Crippen molar-refractivity contribution in [3.05, 3.63) is 29.6 Å². The van der Waals surface area contributed by atoms with Crippen LogP contribution in [0.2, 0.25) is 0 Å². The van der Waals surface area contributed by atoms with Crippen molar-refractivity contribution >= 4 is 0 Å². The van der Waals surface area contributed by atoms with Gasteiger partial charge in [-0.1, -0.05) is 12.5 Å². The molecule has 0 heterocycles. The van der Waals surface area contributed by atoms with Gasteiger partial charge in [-0.2, -0.15) is 0 Å². The Balaban J connectivity index is 2.13. The van der Waals surface area contributed by atoms with E-state index in [-0.39, 0.29) is 11.9 Å². The van der Waals surface area contributed by atoms with Gasteiger partial charge in [0.25, 0.3) is 0 Å². The third kappa shape index (κ3) is 2.19. The van der Waals surface area contributed by atoms with Gasteiger partial charge in [0, 0.05) is 6.04 Å². The number of halogens is 1. The molecular formula is C13H18FNO. The maximum Gasteiger partial charge on any atom is 0.165 e. The van der Waals surface area contributed by atoms with Crippen LogP contribution in [0.25, 0.3) is 0 Å². The highest BCUT2D eigenvalue weighted by molar-refractivity contribution is 5.31. The summed E-state index contributed by atoms with van der Waals surface area (Å²) in [4.78, 5) is 0. The smallest absolute Gasteiger partial charge is 0.165 e. The average molecular weight is 223 g/mol. The predicted octanol–water partition coefficient (Wildman–Crippen LogP) is 3.02. The van der Waals surface area contributed by atoms with Crippen LogP contribution in [0.1, 0.15) is 37.8 Å². The van der Waals surface area contributed by atoms with E-state index in [0.29, 0.717) is 18.3 Å². The van der Waals surface area contributed by atoms with Crippen molar-refractivity contribution in [3.63, 3.8) is 0 Å². The molecule has 1 aromatic rings. The fraction of sp³-hybridized carbons (Fsp3) is 0.538. The Morgan fingerprint density at radius 1 is 1.50 bits per heavy atom. The van der Waals surface area contributed by atoms with Crippen LogP contribution in [0.3, 0.4) is 0 Å². The number of hydrogen-bond acceptors (Lipinski definition) is 2. The summed E-state index contributed by atoms with van der Waals surface area (Å²) in [6.07, 6.45) is 3.57. The number of nitrogens with two attached hydrogens (primary N) is 1. The van der Waals surface area contributed by atoms with Crippen molar-refractivity contribution in [1.82, 2.24) is 0 Å². The van der Waals surface area contributed by atoms with Gasteiger partial charge < -0.3 is 10.5 Å². The van der Waals surface area contributed by atoms with Crippen LogP contribution in [0, 0.1) is 11.7 Å². The molecule has 2 nitrogen and oxygen atoms in total. The van der Waals surface area contributed by atoms with Gasteiger partial charge in [-0.05, 0) is 43.4 Å². The maximum absolute atomic E-state index is 13.6. The van der Waals surface area contributed by atoms with E-state index in [4.69, 9.17) is 10.5 Å². The van der Waals surface area contributed by atoms with Gasteiger partial charge in [0.15, 0.2) is 11.6 Å². The molecule has 2 N–H and O–H groups in total. The summed E-state index contributed by atoms with van der Waals surface area (Å²) in [7, 11) is 0. The Labute approximate surface area is 95.6 Å². The first-order chi connectivity index (χ1) is 7.72. The molecule has 88 valence electrons. The van der Waals surface area contributed by atoms with Crippen LogP contribution in [-0.2, 0) is 0 Å². The summed E-state index contributed by atoms with van der Waals surface area (Å²) in [5, 5.41) is 0. The molecule has 3 heteroatoms. The summed E-state index contributed by atoms with van der Waals surface area (Å²) in [6.45, 7) is 2.32. The molecule has 0 radical (unpaired) electrons. The molecule has 1 unspecified atom stereocenters. The lowest BCUT2D eigenvalue weighted by atomic mass is 9.77. The highest BCUT2D eigenvalue weighted by atomic mass is 19.1. The van der Waals surface area contributed by atoms with E-state index >= 15 is 0 Å². The van der Waals surface area contributed by atoms with E-state index in [0.717, 1.165) is 18.4 Å². The summed E-state index contributed by atoms with van der Waals surface area (Å²) in [5.74, 6) is 0.526. The van der Waals surface area contributed by atoms with Crippen LogP contribution in [0.4, 0.5) is 4.39 Å². The van der Waals surface area contributed by atoms with Crippen molar-refractivity contribution in [2.45, 2.75) is 32.2 Å². The minimum absolute atomic E-state index is 0.0288. The molecule has 1 saturated carbocycles. The Morgan fingerprint density at radius 2 is 2.25 bits per heavy atom. The molecule has 0 bridgehead atoms. The molecule has 1 atom stereocenters. The molecule has 1 aliphatic carbocycles. The second-order valence-corrected chi connectivity index (χ2v) is 4.34. The van der Waals surface area contributed by atoms with E-state index in [1.807, 2.05) is 13.0 Å². The Kier molecular flexibility index (Phi) is 3.44. The predicted molar refractivity (Wildman–Crippen MR) is 61.8 cm³/mol. The van der Waals surface area contributed by atoms with Gasteiger partial charge in [-0.15, -0.1) is 0 Å². The summed E-state index contributed by atoms with van der Waals surface area (Å²) in [6, 6.07) is 5.02. The van der Waals surface area contributed by atoms with Gasteiger partial charge in [0.2, 0.25) is 0 Å². The van der Waals surface area contributed by atoms with Gasteiger partial charge in [-0.3, -0.25) is 0 Å². The second-order valence-electron chi connectivity index (χ2n) is 4.34. The minimum atomic E-state index is -0.311. The molecule has 0 saturated heterocycles. The Morgan fingerprint density at radius 3 is 2.75 bits per heavy atom. The molecule has 16 heavy (non-hydrogen) atoms. The van der Waals surface area contributed by atoms with Gasteiger partial charge in [-0.25, -0.2) is 4.39 Å². The number of rotatable bonds is 4. The fourth-order valence-electron chi connectivity index (χ4n) is 2.07. The number of ether oxygens (including phenoxy) is 1. The van der Waals surface area contributed by atoms with Crippen LogP contribution in [0.5, 0.6) is 5.75 Å². The first-order valence-corrected chi connectivity index (χ1v) is 5.90. The molecule has 1 aliphatic rings. The lowest BCUT2D eigenvalue weighted by Gasteiger charge is -2.31. The van der Waals surface area contributed by atoms with Crippen molar-refractivity contribution in [2.24, 2.45) is 11.7 Å². The van der Waals surface area contributed by atoms with Crippen molar-refractivity contribution in [1.29, 1.82) is 0 Å². The van der Waals surface area contributed by atoms with Gasteiger partial charge in [0.05, 0.1) is 6.61 Å². The highest BCUT2D eigenvalue weighted by Crippen LogP contribution is 2.36. The largest absolute Gasteiger partial charge is 0.491 e. The highest BCUT2D eigenvalue weighted by Gasteiger charge is 2.25.